The Bertz CT molecular complexity index is 277. The van der Waals surface area contributed by atoms with Crippen molar-refractivity contribution >= 4 is 16.4 Å². The van der Waals surface area contributed by atoms with Gasteiger partial charge in [-0.05, 0) is 45.1 Å². The molecule has 0 atom stereocenters. The van der Waals surface area contributed by atoms with Crippen LogP contribution in [0, 0.1) is 0 Å². The molecule has 0 unspecified atom stereocenters. The Morgan fingerprint density at radius 3 is 1.73 bits per heavy atom. The number of hydrogen-bond acceptors (Lipinski definition) is 4. The van der Waals surface area contributed by atoms with E-state index in [9.17, 15) is 5.11 Å². The van der Waals surface area contributed by atoms with Crippen molar-refractivity contribution in [3.8, 4) is 0 Å². The standard InChI is InChI=1S/C16H38N2O2Si2/c1-20-22(4,5)15-7-9-18-12-10-17(11-13-18)8-6-14-21(2,3)16-19/h19H,6-16H2,1-5H3. The highest BCUT2D eigenvalue weighted by Gasteiger charge is 2.23. The van der Waals surface area contributed by atoms with Crippen LogP contribution in [0.15, 0.2) is 0 Å². The molecule has 0 aromatic heterocycles. The normalized spacial score (nSPS) is 18.8. The maximum absolute atomic E-state index is 9.36. The Labute approximate surface area is 140 Å². The van der Waals surface area contributed by atoms with Crippen LogP contribution in [0.4, 0.5) is 0 Å². The maximum Gasteiger partial charge on any atom is 0.186 e. The molecule has 132 valence electrons. The highest BCUT2D eigenvalue weighted by Crippen LogP contribution is 2.15. The molecule has 0 saturated carbocycles. The lowest BCUT2D eigenvalue weighted by molar-refractivity contribution is 0.132. The molecule has 1 heterocycles. The van der Waals surface area contributed by atoms with Crippen LogP contribution in [0.5, 0.6) is 0 Å². The number of piperazine rings is 1. The minimum Gasteiger partial charge on any atom is -0.420 e. The molecule has 0 amide bonds. The monoisotopic (exact) mass is 346 g/mol. The lowest BCUT2D eigenvalue weighted by Crippen LogP contribution is -2.47. The molecule has 0 aromatic carbocycles. The van der Waals surface area contributed by atoms with Crippen molar-refractivity contribution in [3.63, 3.8) is 0 Å². The largest absolute Gasteiger partial charge is 0.420 e. The lowest BCUT2D eigenvalue weighted by Gasteiger charge is -2.35. The predicted molar refractivity (Wildman–Crippen MR) is 101 cm³/mol. The molecular formula is C16H38N2O2Si2. The number of aliphatic hydroxyl groups excluding tert-OH is 1. The summed E-state index contributed by atoms with van der Waals surface area (Å²) in [7, 11) is -0.805. The quantitative estimate of drug-likeness (QED) is 0.617. The van der Waals surface area contributed by atoms with Crippen LogP contribution in [0.2, 0.25) is 38.3 Å². The average molecular weight is 347 g/mol. The van der Waals surface area contributed by atoms with Crippen LogP contribution in [0.25, 0.3) is 0 Å². The summed E-state index contributed by atoms with van der Waals surface area (Å²) in [6.45, 7) is 16.5. The molecule has 4 nitrogen and oxygen atoms in total. The molecule has 0 aliphatic carbocycles. The Hall–Kier alpha value is 0.274. The molecule has 0 bridgehead atoms. The zero-order valence-electron chi connectivity index (χ0n) is 15.5. The molecular weight excluding hydrogens is 308 g/mol. The highest BCUT2D eigenvalue weighted by atomic mass is 28.4. The summed E-state index contributed by atoms with van der Waals surface area (Å²) >= 11 is 0. The van der Waals surface area contributed by atoms with Gasteiger partial charge in [0.25, 0.3) is 0 Å². The topological polar surface area (TPSA) is 35.9 Å². The van der Waals surface area contributed by atoms with Crippen molar-refractivity contribution in [2.45, 2.75) is 51.1 Å². The van der Waals surface area contributed by atoms with Crippen molar-refractivity contribution in [2.75, 3.05) is 52.6 Å². The van der Waals surface area contributed by atoms with E-state index in [0.717, 1.165) is 0 Å². The molecule has 1 aliphatic heterocycles. The van der Waals surface area contributed by atoms with Gasteiger partial charge in [-0.3, -0.25) is 0 Å². The summed E-state index contributed by atoms with van der Waals surface area (Å²) in [6.07, 6.45) is 2.97. The fraction of sp³-hybridized carbons (Fsp3) is 1.00. The molecule has 0 radical (unpaired) electrons. The second-order valence-corrected chi connectivity index (χ2v) is 17.7. The third-order valence-corrected chi connectivity index (χ3v) is 10.3. The van der Waals surface area contributed by atoms with Crippen molar-refractivity contribution in [3.05, 3.63) is 0 Å². The number of nitrogens with zero attached hydrogens (tertiary/aromatic N) is 2. The third-order valence-electron chi connectivity index (χ3n) is 5.03. The van der Waals surface area contributed by atoms with Gasteiger partial charge in [0.05, 0.1) is 8.07 Å². The van der Waals surface area contributed by atoms with Crippen LogP contribution in [0.1, 0.15) is 12.8 Å². The van der Waals surface area contributed by atoms with Gasteiger partial charge < -0.3 is 19.3 Å². The third kappa shape index (κ3) is 8.22. The van der Waals surface area contributed by atoms with E-state index in [-0.39, 0.29) is 0 Å². The van der Waals surface area contributed by atoms with Gasteiger partial charge in [0.1, 0.15) is 0 Å². The Morgan fingerprint density at radius 1 is 0.864 bits per heavy atom. The second-order valence-electron chi connectivity index (χ2n) is 8.18. The van der Waals surface area contributed by atoms with Crippen molar-refractivity contribution in [1.82, 2.24) is 9.80 Å². The first-order valence-electron chi connectivity index (χ1n) is 8.89. The van der Waals surface area contributed by atoms with Crippen molar-refractivity contribution in [1.29, 1.82) is 0 Å². The van der Waals surface area contributed by atoms with Gasteiger partial charge in [-0.15, -0.1) is 0 Å². The van der Waals surface area contributed by atoms with E-state index in [1.165, 1.54) is 64.2 Å². The van der Waals surface area contributed by atoms with E-state index < -0.39 is 16.4 Å². The summed E-state index contributed by atoms with van der Waals surface area (Å²) in [5.41, 5.74) is 0. The van der Waals surface area contributed by atoms with Gasteiger partial charge in [0.2, 0.25) is 0 Å². The summed E-state index contributed by atoms with van der Waals surface area (Å²) in [5, 5.41) is 9.36. The maximum atomic E-state index is 9.36. The van der Waals surface area contributed by atoms with Gasteiger partial charge in [-0.25, -0.2) is 0 Å². The SMILES string of the molecule is CO[Si](C)(C)CCCN1CCN(CCC[Si](C)(C)CO)CC1. The Balaban J connectivity index is 2.11. The van der Waals surface area contributed by atoms with E-state index in [4.69, 9.17) is 4.43 Å². The number of rotatable bonds is 10. The molecule has 0 aromatic rings. The average Bonchev–Trinajstić information content (AvgIpc) is 2.48. The molecule has 6 heteroatoms. The van der Waals surface area contributed by atoms with E-state index >= 15 is 0 Å². The number of hydrogen-bond donors (Lipinski definition) is 1. The van der Waals surface area contributed by atoms with Crippen LogP contribution < -0.4 is 0 Å². The van der Waals surface area contributed by atoms with E-state index in [2.05, 4.69) is 36.0 Å². The molecule has 0 spiro atoms. The molecule has 1 rings (SSSR count). The van der Waals surface area contributed by atoms with E-state index in [0.29, 0.717) is 6.23 Å². The molecule has 1 fully saturated rings. The second kappa shape index (κ2) is 9.54. The van der Waals surface area contributed by atoms with Gasteiger partial charge >= 0.3 is 0 Å². The summed E-state index contributed by atoms with van der Waals surface area (Å²) < 4.78 is 5.62. The first-order valence-corrected chi connectivity index (χ1v) is 15.4. The Kier molecular flexibility index (Phi) is 8.81. The minimum absolute atomic E-state index is 0.432. The van der Waals surface area contributed by atoms with Crippen LogP contribution >= 0.6 is 0 Å². The molecule has 22 heavy (non-hydrogen) atoms. The summed E-state index contributed by atoms with van der Waals surface area (Å²) in [5.74, 6) is 0. The molecule has 1 N–H and O–H groups in total. The summed E-state index contributed by atoms with van der Waals surface area (Å²) in [6, 6.07) is 2.52. The smallest absolute Gasteiger partial charge is 0.186 e. The van der Waals surface area contributed by atoms with Crippen molar-refractivity contribution in [2.24, 2.45) is 0 Å². The van der Waals surface area contributed by atoms with Gasteiger partial charge in [-0.1, -0.05) is 19.1 Å². The van der Waals surface area contributed by atoms with E-state index in [1.807, 2.05) is 7.11 Å². The molecule has 1 aliphatic rings. The van der Waals surface area contributed by atoms with Gasteiger partial charge in [-0.2, -0.15) is 0 Å². The fourth-order valence-electron chi connectivity index (χ4n) is 2.93. The number of aliphatic hydroxyl groups is 1. The Morgan fingerprint density at radius 2 is 1.32 bits per heavy atom. The predicted octanol–water partition coefficient (Wildman–Crippen LogP) is 2.48. The van der Waals surface area contributed by atoms with Gasteiger partial charge in [0.15, 0.2) is 8.32 Å². The van der Waals surface area contributed by atoms with Crippen LogP contribution in [-0.2, 0) is 4.43 Å². The fourth-order valence-corrected chi connectivity index (χ4v) is 5.41. The zero-order valence-corrected chi connectivity index (χ0v) is 17.5. The highest BCUT2D eigenvalue weighted by molar-refractivity contribution is 6.77. The zero-order chi connectivity index (χ0) is 16.6. The minimum atomic E-state index is -1.37. The first-order chi connectivity index (χ1) is 10.3. The molecule has 1 saturated heterocycles. The van der Waals surface area contributed by atoms with Gasteiger partial charge in [0, 0.05) is 39.5 Å². The summed E-state index contributed by atoms with van der Waals surface area (Å²) in [4.78, 5) is 5.22. The van der Waals surface area contributed by atoms with Crippen LogP contribution in [-0.4, -0.2) is 83.9 Å². The first kappa shape index (κ1) is 20.3. The van der Waals surface area contributed by atoms with Crippen molar-refractivity contribution < 1.29 is 9.53 Å². The van der Waals surface area contributed by atoms with Crippen LogP contribution in [0.3, 0.4) is 0 Å². The lowest BCUT2D eigenvalue weighted by atomic mass is 10.3. The van der Waals surface area contributed by atoms with E-state index in [1.54, 1.807) is 0 Å².